The molecule has 6 nitrogen and oxygen atoms in total. The number of rotatable bonds is 4. The number of hydrogen-bond donors (Lipinski definition) is 2. The molecule has 0 fully saturated rings. The highest BCUT2D eigenvalue weighted by molar-refractivity contribution is 14.0. The van der Waals surface area contributed by atoms with E-state index in [4.69, 9.17) is 0 Å². The van der Waals surface area contributed by atoms with E-state index in [9.17, 15) is 0 Å². The summed E-state index contributed by atoms with van der Waals surface area (Å²) in [6.45, 7) is 3.45. The van der Waals surface area contributed by atoms with Crippen molar-refractivity contribution in [2.24, 2.45) is 4.99 Å². The Balaban J connectivity index is 0.00000161. The van der Waals surface area contributed by atoms with E-state index >= 15 is 0 Å². The summed E-state index contributed by atoms with van der Waals surface area (Å²) in [7, 11) is 0. The molecule has 0 bridgehead atoms. The van der Waals surface area contributed by atoms with Crippen molar-refractivity contribution >= 4 is 29.9 Å². The lowest BCUT2D eigenvalue weighted by molar-refractivity contribution is 0.684. The van der Waals surface area contributed by atoms with Crippen molar-refractivity contribution in [1.82, 2.24) is 25.4 Å². The van der Waals surface area contributed by atoms with Crippen LogP contribution in [0.3, 0.4) is 0 Å². The van der Waals surface area contributed by atoms with E-state index in [1.165, 1.54) is 11.1 Å². The molecule has 2 N–H and O–H groups in total. The summed E-state index contributed by atoms with van der Waals surface area (Å²) in [6, 6.07) is 8.49. The predicted octanol–water partition coefficient (Wildman–Crippen LogP) is 1.38. The zero-order chi connectivity index (χ0) is 13.6. The molecule has 2 aromatic rings. The second kappa shape index (κ2) is 7.96. The van der Waals surface area contributed by atoms with Crippen molar-refractivity contribution in [1.29, 1.82) is 0 Å². The van der Waals surface area contributed by atoms with E-state index in [-0.39, 0.29) is 24.0 Å². The second-order valence-electron chi connectivity index (χ2n) is 4.77. The number of nitrogens with zero attached hydrogens (tertiary/aromatic N) is 4. The Hall–Kier alpha value is -1.64. The summed E-state index contributed by atoms with van der Waals surface area (Å²) in [5.41, 5.74) is 2.45. The van der Waals surface area contributed by atoms with Gasteiger partial charge < -0.3 is 10.6 Å². The van der Waals surface area contributed by atoms with Crippen LogP contribution in [0.4, 0.5) is 0 Å². The van der Waals surface area contributed by atoms with Crippen LogP contribution in [0, 0.1) is 0 Å². The second-order valence-corrected chi connectivity index (χ2v) is 4.77. The zero-order valence-electron chi connectivity index (χ0n) is 11.7. The lowest BCUT2D eigenvalue weighted by Gasteiger charge is -2.16. The van der Waals surface area contributed by atoms with Gasteiger partial charge in [-0.1, -0.05) is 24.3 Å². The zero-order valence-corrected chi connectivity index (χ0v) is 14.0. The predicted molar refractivity (Wildman–Crippen MR) is 92.7 cm³/mol. The van der Waals surface area contributed by atoms with E-state index in [1.807, 2.05) is 4.68 Å². The summed E-state index contributed by atoms with van der Waals surface area (Å²) in [6.07, 6.45) is 4.39. The van der Waals surface area contributed by atoms with Crippen molar-refractivity contribution in [3.63, 3.8) is 0 Å². The van der Waals surface area contributed by atoms with Crippen molar-refractivity contribution in [2.75, 3.05) is 13.1 Å². The Labute approximate surface area is 141 Å². The number of benzene rings is 1. The fraction of sp³-hybridized carbons (Fsp3) is 0.357. The summed E-state index contributed by atoms with van der Waals surface area (Å²) < 4.78 is 1.81. The third kappa shape index (κ3) is 4.69. The van der Waals surface area contributed by atoms with Gasteiger partial charge in [0.25, 0.3) is 0 Å². The van der Waals surface area contributed by atoms with Gasteiger partial charge in [0, 0.05) is 19.6 Å². The molecule has 7 heteroatoms. The van der Waals surface area contributed by atoms with Crippen molar-refractivity contribution in [2.45, 2.75) is 19.5 Å². The number of hydrogen-bond acceptors (Lipinski definition) is 5. The van der Waals surface area contributed by atoms with Gasteiger partial charge in [-0.2, -0.15) is 5.10 Å². The minimum Gasteiger partial charge on any atom is -0.356 e. The summed E-state index contributed by atoms with van der Waals surface area (Å²) in [4.78, 5) is 8.33. The molecule has 0 saturated heterocycles. The first-order valence-corrected chi connectivity index (χ1v) is 6.82. The topological polar surface area (TPSA) is 67.1 Å². The van der Waals surface area contributed by atoms with Crippen molar-refractivity contribution < 1.29 is 0 Å². The van der Waals surface area contributed by atoms with Gasteiger partial charge in [0.1, 0.15) is 12.7 Å². The lowest BCUT2D eigenvalue weighted by atomic mass is 10.1. The van der Waals surface area contributed by atoms with Crippen LogP contribution in [-0.4, -0.2) is 33.8 Å². The Morgan fingerprint density at radius 1 is 1.19 bits per heavy atom. The number of aliphatic imine (C=N–C) groups is 1. The maximum absolute atomic E-state index is 4.39. The summed E-state index contributed by atoms with van der Waals surface area (Å²) >= 11 is 0. The SMILES string of the molecule is I.c1ncn(Cc2ccc(CNC3=NCCCN3)cc2)n1. The van der Waals surface area contributed by atoms with E-state index in [2.05, 4.69) is 50.0 Å². The van der Waals surface area contributed by atoms with E-state index < -0.39 is 0 Å². The number of guanidine groups is 1. The van der Waals surface area contributed by atoms with Gasteiger partial charge in [-0.15, -0.1) is 24.0 Å². The molecule has 0 saturated carbocycles. The largest absolute Gasteiger partial charge is 0.356 e. The Morgan fingerprint density at radius 2 is 2.00 bits per heavy atom. The average molecular weight is 398 g/mol. The monoisotopic (exact) mass is 398 g/mol. The maximum atomic E-state index is 4.39. The normalized spacial score (nSPS) is 13.8. The maximum Gasteiger partial charge on any atom is 0.191 e. The highest BCUT2D eigenvalue weighted by atomic mass is 127. The van der Waals surface area contributed by atoms with Crippen LogP contribution in [0.5, 0.6) is 0 Å². The first kappa shape index (κ1) is 15.7. The van der Waals surface area contributed by atoms with Gasteiger partial charge in [-0.25, -0.2) is 9.67 Å². The lowest BCUT2D eigenvalue weighted by Crippen LogP contribution is -2.40. The van der Waals surface area contributed by atoms with Gasteiger partial charge in [-0.3, -0.25) is 4.99 Å². The molecule has 21 heavy (non-hydrogen) atoms. The number of halogens is 1. The van der Waals surface area contributed by atoms with Crippen molar-refractivity contribution in [3.8, 4) is 0 Å². The fourth-order valence-corrected chi connectivity index (χ4v) is 2.10. The van der Waals surface area contributed by atoms with Gasteiger partial charge in [0.2, 0.25) is 0 Å². The number of aromatic nitrogens is 3. The molecule has 2 heterocycles. The van der Waals surface area contributed by atoms with Gasteiger partial charge in [0.15, 0.2) is 5.96 Å². The van der Waals surface area contributed by atoms with E-state index in [1.54, 1.807) is 12.7 Å². The minimum absolute atomic E-state index is 0. The highest BCUT2D eigenvalue weighted by Gasteiger charge is 2.03. The quantitative estimate of drug-likeness (QED) is 0.764. The molecule has 0 atom stereocenters. The molecule has 1 aromatic heterocycles. The molecule has 3 rings (SSSR count). The molecular formula is C14H19IN6. The van der Waals surface area contributed by atoms with Gasteiger partial charge in [0.05, 0.1) is 6.54 Å². The third-order valence-corrected chi connectivity index (χ3v) is 3.19. The van der Waals surface area contributed by atoms with Crippen LogP contribution in [0.15, 0.2) is 41.9 Å². The first-order valence-electron chi connectivity index (χ1n) is 6.82. The Kier molecular flexibility index (Phi) is 5.97. The van der Waals surface area contributed by atoms with Crippen molar-refractivity contribution in [3.05, 3.63) is 48.0 Å². The fourth-order valence-electron chi connectivity index (χ4n) is 2.10. The highest BCUT2D eigenvalue weighted by Crippen LogP contribution is 2.05. The van der Waals surface area contributed by atoms with Crippen LogP contribution >= 0.6 is 24.0 Å². The third-order valence-electron chi connectivity index (χ3n) is 3.19. The molecule has 1 aliphatic heterocycles. The summed E-state index contributed by atoms with van der Waals surface area (Å²) in [5, 5.41) is 10.7. The van der Waals surface area contributed by atoms with Crippen LogP contribution in [-0.2, 0) is 13.1 Å². The van der Waals surface area contributed by atoms with E-state index in [0.29, 0.717) is 0 Å². The van der Waals surface area contributed by atoms with Crippen LogP contribution in [0.2, 0.25) is 0 Å². The molecule has 0 spiro atoms. The average Bonchev–Trinajstić information content (AvgIpc) is 3.01. The van der Waals surface area contributed by atoms with Crippen LogP contribution in [0.25, 0.3) is 0 Å². The molecule has 0 aliphatic carbocycles. The minimum atomic E-state index is 0. The van der Waals surface area contributed by atoms with Crippen LogP contribution < -0.4 is 10.6 Å². The molecule has 112 valence electrons. The molecular weight excluding hydrogens is 379 g/mol. The Bertz CT molecular complexity index is 564. The first-order chi connectivity index (χ1) is 9.90. The van der Waals surface area contributed by atoms with E-state index in [0.717, 1.165) is 38.6 Å². The Morgan fingerprint density at radius 3 is 2.67 bits per heavy atom. The standard InChI is InChI=1S/C14H18N6.HI/c1-6-16-14(17-7-1)18-8-12-2-4-13(5-3-12)9-20-11-15-10-19-20;/h2-5,10-11H,1,6-9H2,(H2,16,17,18);1H. The molecule has 0 unspecified atom stereocenters. The van der Waals surface area contributed by atoms with Crippen LogP contribution in [0.1, 0.15) is 17.5 Å². The number of nitrogens with one attached hydrogen (secondary N) is 2. The molecule has 0 amide bonds. The van der Waals surface area contributed by atoms with Gasteiger partial charge >= 0.3 is 0 Å². The van der Waals surface area contributed by atoms with Gasteiger partial charge in [-0.05, 0) is 17.5 Å². The molecule has 1 aromatic carbocycles. The smallest absolute Gasteiger partial charge is 0.191 e. The summed E-state index contributed by atoms with van der Waals surface area (Å²) in [5.74, 6) is 0.906. The molecule has 1 aliphatic rings. The molecule has 0 radical (unpaired) electrons.